The molecule has 0 aromatic heterocycles. The van der Waals surface area contributed by atoms with Crippen LogP contribution in [0.4, 0.5) is 0 Å². The number of hydrogen-bond acceptors (Lipinski definition) is 11. The highest BCUT2D eigenvalue weighted by Crippen LogP contribution is 2.29. The summed E-state index contributed by atoms with van der Waals surface area (Å²) in [6.45, 7) is 6.46. The van der Waals surface area contributed by atoms with E-state index in [1.807, 2.05) is 0 Å². The SMILES string of the molecule is CCCCCCCCCCCC(CC(=O)NCCO[C@@H]1OC(CO)[C@@H](OP)C(OC(=O)CC(CCCCCCCCCCC)OC)C1NC(=O)CC(CCCCCCCCCCC)OC)OC.O.O.O. The highest BCUT2D eigenvalue weighted by Gasteiger charge is 2.50. The van der Waals surface area contributed by atoms with Gasteiger partial charge >= 0.3 is 5.97 Å². The number of aliphatic hydroxyl groups excluding tert-OH is 1. The number of carbonyl (C=O) groups excluding carboxylic acids is 3. The Morgan fingerprint density at radius 3 is 1.29 bits per heavy atom. The van der Waals surface area contributed by atoms with Crippen molar-refractivity contribution in [3.8, 4) is 0 Å². The molecule has 9 N–H and O–H groups in total. The predicted octanol–water partition coefficient (Wildman–Crippen LogP) is 8.91. The summed E-state index contributed by atoms with van der Waals surface area (Å²) in [6, 6.07) is -1.00. The molecule has 1 heterocycles. The van der Waals surface area contributed by atoms with Gasteiger partial charge in [0.15, 0.2) is 12.4 Å². The molecule has 0 bridgehead atoms. The Morgan fingerprint density at radius 2 is 0.914 bits per heavy atom. The molecular weight excluding hydrogens is 920 g/mol. The Morgan fingerprint density at radius 1 is 0.543 bits per heavy atom. The van der Waals surface area contributed by atoms with Crippen molar-refractivity contribution in [2.75, 3.05) is 41.1 Å². The number of rotatable bonds is 47. The first-order chi connectivity index (χ1) is 32.7. The van der Waals surface area contributed by atoms with Gasteiger partial charge in [0, 0.05) is 37.3 Å². The van der Waals surface area contributed by atoms with Crippen molar-refractivity contribution in [3.63, 3.8) is 0 Å². The van der Waals surface area contributed by atoms with Crippen molar-refractivity contribution in [3.05, 3.63) is 0 Å². The summed E-state index contributed by atoms with van der Waals surface area (Å²) in [5.74, 6) is -0.981. The first-order valence-electron chi connectivity index (χ1n) is 27.3. The van der Waals surface area contributed by atoms with Gasteiger partial charge in [-0.05, 0) is 19.3 Å². The van der Waals surface area contributed by atoms with E-state index in [1.165, 1.54) is 128 Å². The lowest BCUT2D eigenvalue weighted by molar-refractivity contribution is -0.267. The Kier molecular flexibility index (Phi) is 52.9. The third kappa shape index (κ3) is 36.4. The average molecular weight is 1030 g/mol. The van der Waals surface area contributed by atoms with Crippen LogP contribution in [0, 0.1) is 0 Å². The van der Waals surface area contributed by atoms with E-state index in [1.54, 1.807) is 21.3 Å². The van der Waals surface area contributed by atoms with E-state index in [0.29, 0.717) is 0 Å². The molecule has 9 atom stereocenters. The second-order valence-corrected chi connectivity index (χ2v) is 19.4. The van der Waals surface area contributed by atoms with Crippen molar-refractivity contribution in [1.29, 1.82) is 0 Å². The fourth-order valence-corrected chi connectivity index (χ4v) is 9.42. The van der Waals surface area contributed by atoms with Gasteiger partial charge in [0.05, 0.1) is 50.8 Å². The summed E-state index contributed by atoms with van der Waals surface area (Å²) in [5.41, 5.74) is 0. The number of amides is 2. The maximum atomic E-state index is 13.8. The molecule has 1 rings (SSSR count). The van der Waals surface area contributed by atoms with Crippen LogP contribution in [-0.4, -0.2) is 129 Å². The smallest absolute Gasteiger partial charge is 0.308 e. The first-order valence-corrected chi connectivity index (χ1v) is 27.8. The van der Waals surface area contributed by atoms with Gasteiger partial charge in [-0.3, -0.25) is 14.4 Å². The highest BCUT2D eigenvalue weighted by atomic mass is 31.0. The number of carbonyl (C=O) groups is 3. The van der Waals surface area contributed by atoms with E-state index in [2.05, 4.69) is 40.9 Å². The molecule has 0 aromatic carbocycles. The molecule has 1 saturated heterocycles. The topological polar surface area (TPSA) is 255 Å². The highest BCUT2D eigenvalue weighted by molar-refractivity contribution is 7.09. The molecule has 17 heteroatoms. The minimum atomic E-state index is -1.14. The predicted molar refractivity (Wildman–Crippen MR) is 284 cm³/mol. The summed E-state index contributed by atoms with van der Waals surface area (Å²) < 4.78 is 41.5. The Bertz CT molecular complexity index is 1180. The Balaban J connectivity index is -0.0000150. The third-order valence-electron chi connectivity index (χ3n) is 13.4. The monoisotopic (exact) mass is 1030 g/mol. The number of hydrogen-bond donors (Lipinski definition) is 3. The zero-order chi connectivity index (χ0) is 49.2. The lowest BCUT2D eigenvalue weighted by Gasteiger charge is -2.45. The normalized spacial score (nSPS) is 18.9. The zero-order valence-corrected chi connectivity index (χ0v) is 46.3. The second-order valence-electron chi connectivity index (χ2n) is 19.1. The number of aliphatic hydroxyl groups is 1. The van der Waals surface area contributed by atoms with E-state index in [9.17, 15) is 19.5 Å². The fourth-order valence-electron chi connectivity index (χ4n) is 9.09. The quantitative estimate of drug-likeness (QED) is 0.0295. The van der Waals surface area contributed by atoms with Crippen molar-refractivity contribution in [1.82, 2.24) is 10.6 Å². The van der Waals surface area contributed by atoms with Gasteiger partial charge in [-0.15, -0.1) is 0 Å². The van der Waals surface area contributed by atoms with Crippen molar-refractivity contribution < 1.29 is 68.9 Å². The van der Waals surface area contributed by atoms with Gasteiger partial charge in [0.2, 0.25) is 11.8 Å². The molecule has 70 heavy (non-hydrogen) atoms. The minimum Gasteiger partial charge on any atom is -0.457 e. The van der Waals surface area contributed by atoms with Crippen molar-refractivity contribution in [2.24, 2.45) is 0 Å². The maximum Gasteiger partial charge on any atom is 0.308 e. The summed E-state index contributed by atoms with van der Waals surface area (Å²) in [7, 11) is 7.06. The molecule has 1 fully saturated rings. The van der Waals surface area contributed by atoms with Crippen LogP contribution in [0.3, 0.4) is 0 Å². The number of nitrogens with one attached hydrogen (secondary N) is 2. The molecule has 420 valence electrons. The van der Waals surface area contributed by atoms with Crippen LogP contribution in [0.1, 0.15) is 233 Å². The van der Waals surface area contributed by atoms with E-state index in [4.69, 9.17) is 32.9 Å². The molecule has 7 unspecified atom stereocenters. The maximum absolute atomic E-state index is 13.8. The molecule has 0 aromatic rings. The fraction of sp³-hybridized carbons (Fsp3) is 0.943. The number of methoxy groups -OCH3 is 3. The zero-order valence-electron chi connectivity index (χ0n) is 45.2. The van der Waals surface area contributed by atoms with E-state index < -0.39 is 43.2 Å². The summed E-state index contributed by atoms with van der Waals surface area (Å²) in [6.07, 6.45) is 30.5. The molecule has 16 nitrogen and oxygen atoms in total. The van der Waals surface area contributed by atoms with E-state index >= 15 is 0 Å². The first kappa shape index (κ1) is 72.7. The average Bonchev–Trinajstić information content (AvgIpc) is 3.33. The van der Waals surface area contributed by atoms with Gasteiger partial charge in [-0.25, -0.2) is 0 Å². The van der Waals surface area contributed by atoms with Crippen LogP contribution in [0.15, 0.2) is 0 Å². The van der Waals surface area contributed by atoms with E-state index in [0.717, 1.165) is 64.2 Å². The molecule has 0 aliphatic carbocycles. The summed E-state index contributed by atoms with van der Waals surface area (Å²) in [5, 5.41) is 16.4. The van der Waals surface area contributed by atoms with Gasteiger partial charge in [-0.1, -0.05) is 194 Å². The van der Waals surface area contributed by atoms with Crippen LogP contribution in [0.5, 0.6) is 0 Å². The standard InChI is InChI=1S/C53H103N2O11P.3H2O/c1-7-10-13-16-19-22-25-28-31-34-43(60-4)39-47(57)54-37-38-63-53-50(55-48(58)40-44(61-5)35-32-29-26-23-20-17-14-11-8-2)52(51(66-67)46(42-56)64-53)65-49(59)41-45(62-6)36-33-30-27-24-21-18-15-12-9-3;;;/h43-46,50-53,56H,7-42,67H2,1-6H3,(H,54,57)(H,55,58);3*1H2/t43?,44?,45?,46?,50?,51-,52?,53-;;;/m1.../s1. The Labute approximate surface area is 428 Å². The van der Waals surface area contributed by atoms with E-state index in [-0.39, 0.29) is 79.0 Å². The molecule has 0 radical (unpaired) electrons. The number of ether oxygens (including phenoxy) is 6. The molecular formula is C53H109N2O14P. The Hall–Kier alpha value is -1.56. The van der Waals surface area contributed by atoms with Gasteiger partial charge in [-0.2, -0.15) is 0 Å². The molecule has 1 aliphatic heterocycles. The van der Waals surface area contributed by atoms with Crippen LogP contribution >= 0.6 is 9.47 Å². The minimum absolute atomic E-state index is 0. The van der Waals surface area contributed by atoms with Crippen LogP contribution in [0.25, 0.3) is 0 Å². The molecule has 1 aliphatic rings. The van der Waals surface area contributed by atoms with Crippen molar-refractivity contribution in [2.45, 2.75) is 282 Å². The van der Waals surface area contributed by atoms with Crippen molar-refractivity contribution >= 4 is 27.3 Å². The lowest BCUT2D eigenvalue weighted by atomic mass is 9.96. The lowest BCUT2D eigenvalue weighted by Crippen LogP contribution is -2.66. The molecule has 0 spiro atoms. The second kappa shape index (κ2) is 50.9. The molecule has 2 amide bonds. The largest absolute Gasteiger partial charge is 0.457 e. The summed E-state index contributed by atoms with van der Waals surface area (Å²) in [4.78, 5) is 40.6. The van der Waals surface area contributed by atoms with Crippen LogP contribution in [0.2, 0.25) is 0 Å². The van der Waals surface area contributed by atoms with Gasteiger partial charge in [0.1, 0.15) is 18.2 Å². The number of unbranched alkanes of at least 4 members (excludes halogenated alkanes) is 24. The third-order valence-corrected chi connectivity index (χ3v) is 13.7. The van der Waals surface area contributed by atoms with Crippen LogP contribution in [-0.2, 0) is 47.3 Å². The van der Waals surface area contributed by atoms with Gasteiger partial charge < -0.3 is 65.1 Å². The van der Waals surface area contributed by atoms with Crippen LogP contribution < -0.4 is 10.6 Å². The summed E-state index contributed by atoms with van der Waals surface area (Å²) >= 11 is 0. The van der Waals surface area contributed by atoms with Gasteiger partial charge in [0.25, 0.3) is 0 Å². The number of esters is 1. The molecule has 0 saturated carbocycles.